The molecule has 1 rings (SSSR count). The summed E-state index contributed by atoms with van der Waals surface area (Å²) >= 11 is 0. The predicted octanol–water partition coefficient (Wildman–Crippen LogP) is 2.86. The van der Waals surface area contributed by atoms with Crippen molar-refractivity contribution in [3.8, 4) is 0 Å². The maximum atomic E-state index is 9.53. The summed E-state index contributed by atoms with van der Waals surface area (Å²) in [6.45, 7) is 3.87. The first-order chi connectivity index (χ1) is 6.25. The van der Waals surface area contributed by atoms with E-state index < -0.39 is 0 Å². The van der Waals surface area contributed by atoms with Gasteiger partial charge < -0.3 is 5.11 Å². The fourth-order valence-corrected chi connectivity index (χ4v) is 1.38. The molecule has 0 heterocycles. The monoisotopic (exact) mass is 176 g/mol. The minimum atomic E-state index is -0.387. The molecule has 1 aromatic carbocycles. The Morgan fingerprint density at radius 1 is 1.38 bits per heavy atom. The average Bonchev–Trinajstić information content (AvgIpc) is 2.15. The molecule has 0 radical (unpaired) electrons. The van der Waals surface area contributed by atoms with E-state index in [1.807, 2.05) is 30.3 Å². The first kappa shape index (κ1) is 10.0. The summed E-state index contributed by atoms with van der Waals surface area (Å²) in [5, 5.41) is 9.53. The Balaban J connectivity index is 2.96. The van der Waals surface area contributed by atoms with Crippen molar-refractivity contribution in [2.75, 3.05) is 0 Å². The van der Waals surface area contributed by atoms with Crippen molar-refractivity contribution in [1.82, 2.24) is 0 Å². The first-order valence-electron chi connectivity index (χ1n) is 4.69. The Kier molecular flexibility index (Phi) is 3.71. The molecule has 0 aliphatic carbocycles. The summed E-state index contributed by atoms with van der Waals surface area (Å²) < 4.78 is 0. The lowest BCUT2D eigenvalue weighted by atomic mass is 10.0. The zero-order valence-corrected chi connectivity index (χ0v) is 8.20. The van der Waals surface area contributed by atoms with Gasteiger partial charge in [-0.25, -0.2) is 0 Å². The molecule has 13 heavy (non-hydrogen) atoms. The minimum absolute atomic E-state index is 0.387. The molecule has 0 saturated heterocycles. The number of hydrogen-bond donors (Lipinski definition) is 1. The van der Waals surface area contributed by atoms with Crippen LogP contribution < -0.4 is 0 Å². The Labute approximate surface area is 79.7 Å². The van der Waals surface area contributed by atoms with Gasteiger partial charge in [-0.2, -0.15) is 0 Å². The second-order valence-corrected chi connectivity index (χ2v) is 3.11. The summed E-state index contributed by atoms with van der Waals surface area (Å²) in [5.74, 6) is 0. The fraction of sp³-hybridized carbons (Fsp3) is 0.333. The number of rotatable bonds is 3. The first-order valence-corrected chi connectivity index (χ1v) is 4.69. The van der Waals surface area contributed by atoms with Gasteiger partial charge in [0, 0.05) is 0 Å². The van der Waals surface area contributed by atoms with Crippen LogP contribution in [0.25, 0.3) is 5.57 Å². The topological polar surface area (TPSA) is 20.2 Å². The summed E-state index contributed by atoms with van der Waals surface area (Å²) in [5.41, 5.74) is 2.13. The third-order valence-corrected chi connectivity index (χ3v) is 1.98. The van der Waals surface area contributed by atoms with Gasteiger partial charge in [0.1, 0.15) is 0 Å². The van der Waals surface area contributed by atoms with Crippen LogP contribution in [0.2, 0.25) is 0 Å². The molecule has 0 spiro atoms. The highest BCUT2D eigenvalue weighted by molar-refractivity contribution is 5.68. The molecule has 0 bridgehead atoms. The lowest BCUT2D eigenvalue weighted by Crippen LogP contribution is -2.03. The van der Waals surface area contributed by atoms with Crippen molar-refractivity contribution in [1.29, 1.82) is 0 Å². The van der Waals surface area contributed by atoms with Gasteiger partial charge in [0.05, 0.1) is 6.10 Å². The highest BCUT2D eigenvalue weighted by Crippen LogP contribution is 2.18. The van der Waals surface area contributed by atoms with E-state index in [-0.39, 0.29) is 6.10 Å². The third-order valence-electron chi connectivity index (χ3n) is 1.98. The van der Waals surface area contributed by atoms with Crippen LogP contribution >= 0.6 is 0 Å². The Morgan fingerprint density at radius 3 is 2.46 bits per heavy atom. The number of allylic oxidation sites excluding steroid dienone is 1. The summed E-state index contributed by atoms with van der Waals surface area (Å²) in [7, 11) is 0. The quantitative estimate of drug-likeness (QED) is 0.750. The lowest BCUT2D eigenvalue weighted by molar-refractivity contribution is 0.253. The SMILES string of the molecule is CC/C=C(\c1ccccc1)C(C)O. The normalized spacial score (nSPS) is 14.2. The standard InChI is InChI=1S/C12H16O/c1-3-7-12(10(2)13)11-8-5-4-6-9-11/h4-10,13H,3H2,1-2H3/b12-7-. The molecule has 0 fully saturated rings. The molecule has 1 heteroatoms. The van der Waals surface area contributed by atoms with Gasteiger partial charge in [-0.15, -0.1) is 0 Å². The summed E-state index contributed by atoms with van der Waals surface area (Å²) in [6, 6.07) is 10.00. The van der Waals surface area contributed by atoms with Gasteiger partial charge in [-0.3, -0.25) is 0 Å². The van der Waals surface area contributed by atoms with Crippen LogP contribution in [0.1, 0.15) is 25.8 Å². The molecule has 1 unspecified atom stereocenters. The van der Waals surface area contributed by atoms with E-state index in [4.69, 9.17) is 0 Å². The van der Waals surface area contributed by atoms with Crippen molar-refractivity contribution >= 4 is 5.57 Å². The molecule has 0 aromatic heterocycles. The van der Waals surface area contributed by atoms with Crippen molar-refractivity contribution in [2.24, 2.45) is 0 Å². The van der Waals surface area contributed by atoms with Gasteiger partial charge in [0.15, 0.2) is 0 Å². The average molecular weight is 176 g/mol. The largest absolute Gasteiger partial charge is 0.389 e. The van der Waals surface area contributed by atoms with Crippen LogP contribution in [-0.2, 0) is 0 Å². The van der Waals surface area contributed by atoms with E-state index in [9.17, 15) is 5.11 Å². The van der Waals surface area contributed by atoms with Gasteiger partial charge in [0.2, 0.25) is 0 Å². The maximum Gasteiger partial charge on any atom is 0.0764 e. The molecule has 0 saturated carbocycles. The van der Waals surface area contributed by atoms with Crippen LogP contribution in [0.4, 0.5) is 0 Å². The van der Waals surface area contributed by atoms with Crippen molar-refractivity contribution in [3.05, 3.63) is 42.0 Å². The fourth-order valence-electron chi connectivity index (χ4n) is 1.38. The molecule has 70 valence electrons. The van der Waals surface area contributed by atoms with Crippen molar-refractivity contribution < 1.29 is 5.11 Å². The lowest BCUT2D eigenvalue weighted by Gasteiger charge is -2.10. The van der Waals surface area contributed by atoms with E-state index in [1.54, 1.807) is 6.92 Å². The second-order valence-electron chi connectivity index (χ2n) is 3.11. The van der Waals surface area contributed by atoms with E-state index >= 15 is 0 Å². The highest BCUT2D eigenvalue weighted by Gasteiger charge is 2.05. The molecule has 1 nitrogen and oxygen atoms in total. The van der Waals surface area contributed by atoms with Gasteiger partial charge >= 0.3 is 0 Å². The van der Waals surface area contributed by atoms with E-state index in [0.29, 0.717) is 0 Å². The zero-order chi connectivity index (χ0) is 9.68. The predicted molar refractivity (Wildman–Crippen MR) is 56.4 cm³/mol. The minimum Gasteiger partial charge on any atom is -0.389 e. The number of benzene rings is 1. The zero-order valence-electron chi connectivity index (χ0n) is 8.20. The molecule has 0 aliphatic rings. The van der Waals surface area contributed by atoms with E-state index in [0.717, 1.165) is 17.6 Å². The van der Waals surface area contributed by atoms with Crippen LogP contribution in [0.3, 0.4) is 0 Å². The molecule has 0 amide bonds. The Hall–Kier alpha value is -1.08. The number of hydrogen-bond acceptors (Lipinski definition) is 1. The van der Waals surface area contributed by atoms with Gasteiger partial charge in [-0.1, -0.05) is 43.3 Å². The maximum absolute atomic E-state index is 9.53. The molecular formula is C12H16O. The molecule has 1 N–H and O–H groups in total. The van der Waals surface area contributed by atoms with Crippen LogP contribution in [0, 0.1) is 0 Å². The molecule has 1 aromatic rings. The van der Waals surface area contributed by atoms with Crippen molar-refractivity contribution in [3.63, 3.8) is 0 Å². The number of aliphatic hydroxyl groups is 1. The van der Waals surface area contributed by atoms with Crippen LogP contribution in [0.5, 0.6) is 0 Å². The Bertz CT molecular complexity index is 272. The summed E-state index contributed by atoms with van der Waals surface area (Å²) in [6.07, 6.45) is 2.64. The van der Waals surface area contributed by atoms with Crippen molar-refractivity contribution in [2.45, 2.75) is 26.4 Å². The van der Waals surface area contributed by atoms with Crippen LogP contribution in [-0.4, -0.2) is 11.2 Å². The van der Waals surface area contributed by atoms with Gasteiger partial charge in [0.25, 0.3) is 0 Å². The molecule has 1 atom stereocenters. The van der Waals surface area contributed by atoms with E-state index in [2.05, 4.69) is 13.0 Å². The summed E-state index contributed by atoms with van der Waals surface area (Å²) in [4.78, 5) is 0. The number of aliphatic hydroxyl groups excluding tert-OH is 1. The third kappa shape index (κ3) is 2.71. The van der Waals surface area contributed by atoms with Gasteiger partial charge in [-0.05, 0) is 24.5 Å². The molecular weight excluding hydrogens is 160 g/mol. The van der Waals surface area contributed by atoms with E-state index in [1.165, 1.54) is 0 Å². The Morgan fingerprint density at radius 2 is 2.00 bits per heavy atom. The van der Waals surface area contributed by atoms with Crippen LogP contribution in [0.15, 0.2) is 36.4 Å². The second kappa shape index (κ2) is 4.83. The highest BCUT2D eigenvalue weighted by atomic mass is 16.3. The smallest absolute Gasteiger partial charge is 0.0764 e. The molecule has 0 aliphatic heterocycles.